The van der Waals surface area contributed by atoms with Crippen LogP contribution in [0.2, 0.25) is 0 Å². The van der Waals surface area contributed by atoms with Gasteiger partial charge in [-0.1, -0.05) is 6.07 Å². The Balaban J connectivity index is 0.00000484. The van der Waals surface area contributed by atoms with Crippen molar-refractivity contribution in [2.75, 3.05) is 31.6 Å². The number of fused-ring (bicyclic) bond motifs is 1. The lowest BCUT2D eigenvalue weighted by molar-refractivity contribution is -0.144. The van der Waals surface area contributed by atoms with E-state index in [4.69, 9.17) is 20.9 Å². The smallest absolute Gasteiger partial charge is 0.306 e. The van der Waals surface area contributed by atoms with Gasteiger partial charge in [0.1, 0.15) is 11.7 Å². The summed E-state index contributed by atoms with van der Waals surface area (Å²) in [6.07, 6.45) is 1.91. The van der Waals surface area contributed by atoms with Crippen LogP contribution >= 0.6 is 12.4 Å². The average molecular weight is 598 g/mol. The number of anilines is 1. The molecular formula is C30H40ClN7O4. The Morgan fingerprint density at radius 1 is 1.10 bits per heavy atom. The van der Waals surface area contributed by atoms with E-state index in [1.54, 1.807) is 19.1 Å². The van der Waals surface area contributed by atoms with E-state index in [0.717, 1.165) is 41.0 Å². The number of nitrogens with one attached hydrogen (secondary N) is 3. The number of imidazole rings is 1. The van der Waals surface area contributed by atoms with Gasteiger partial charge in [-0.3, -0.25) is 19.8 Å². The first kappa shape index (κ1) is 32.4. The van der Waals surface area contributed by atoms with Crippen molar-refractivity contribution >= 4 is 52.7 Å². The summed E-state index contributed by atoms with van der Waals surface area (Å²) in [5.74, 6) is 0.0771. The summed E-state index contributed by atoms with van der Waals surface area (Å²) in [4.78, 5) is 44.8. The molecule has 0 aliphatic carbocycles. The van der Waals surface area contributed by atoms with Crippen LogP contribution in [-0.2, 0) is 38.1 Å². The van der Waals surface area contributed by atoms with Gasteiger partial charge in [-0.2, -0.15) is 0 Å². The quantitative estimate of drug-likeness (QED) is 0.142. The van der Waals surface area contributed by atoms with Gasteiger partial charge in [0.15, 0.2) is 0 Å². The molecule has 42 heavy (non-hydrogen) atoms. The Labute approximate surface area is 252 Å². The van der Waals surface area contributed by atoms with Crippen molar-refractivity contribution in [1.29, 1.82) is 5.41 Å². The van der Waals surface area contributed by atoms with Crippen molar-refractivity contribution in [3.63, 3.8) is 0 Å². The molecule has 1 aromatic heterocycles. The lowest BCUT2D eigenvalue weighted by atomic mass is 9.80. The molecule has 0 radical (unpaired) electrons. The van der Waals surface area contributed by atoms with Crippen LogP contribution in [0.3, 0.4) is 0 Å². The predicted molar refractivity (Wildman–Crippen MR) is 165 cm³/mol. The fourth-order valence-electron chi connectivity index (χ4n) is 5.08. The number of nitrogen functional groups attached to an aromatic ring is 1. The van der Waals surface area contributed by atoms with Crippen molar-refractivity contribution < 1.29 is 19.1 Å². The number of rotatable bonds is 12. The van der Waals surface area contributed by atoms with Crippen LogP contribution in [0.1, 0.15) is 56.5 Å². The maximum Gasteiger partial charge on any atom is 0.306 e. The number of hydrogen-bond acceptors (Lipinski definition) is 7. The molecule has 1 atom stereocenters. The first-order valence-electron chi connectivity index (χ1n) is 14.0. The molecule has 2 amide bonds. The van der Waals surface area contributed by atoms with E-state index in [1.165, 1.54) is 0 Å². The third-order valence-corrected chi connectivity index (χ3v) is 7.62. The van der Waals surface area contributed by atoms with E-state index in [0.29, 0.717) is 25.2 Å². The fraction of sp³-hybridized carbons (Fsp3) is 0.433. The highest BCUT2D eigenvalue weighted by atomic mass is 35.5. The van der Waals surface area contributed by atoms with Crippen LogP contribution in [0.4, 0.5) is 5.69 Å². The zero-order chi connectivity index (χ0) is 29.6. The number of carbonyl (C=O) groups excluding carboxylic acids is 3. The fourth-order valence-corrected chi connectivity index (χ4v) is 5.08. The molecule has 3 aromatic rings. The van der Waals surface area contributed by atoms with Crippen LogP contribution in [0.15, 0.2) is 42.5 Å². The van der Waals surface area contributed by atoms with Crippen molar-refractivity contribution in [2.45, 2.75) is 51.5 Å². The van der Waals surface area contributed by atoms with Crippen LogP contribution in [-0.4, -0.2) is 64.3 Å². The van der Waals surface area contributed by atoms with Crippen LogP contribution in [0, 0.1) is 5.41 Å². The number of benzene rings is 2. The molecular weight excluding hydrogens is 558 g/mol. The van der Waals surface area contributed by atoms with Crippen molar-refractivity contribution in [2.24, 2.45) is 12.8 Å². The van der Waals surface area contributed by atoms with E-state index < -0.39 is 11.4 Å². The predicted octanol–water partition coefficient (Wildman–Crippen LogP) is 3.23. The highest BCUT2D eigenvalue weighted by Gasteiger charge is 2.40. The van der Waals surface area contributed by atoms with E-state index >= 15 is 0 Å². The standard InChI is InChI=1S/C30H39N7O4.ClH/c1-4-41-27(39)14-13-26(38)34-19-30(2,29(40)37-15-5-6-16-37)21-9-12-24-23(17-21)35-25(36(24)3)18-33-22-10-7-20(8-11-22)28(31)32;/h7-12,17,33H,4-6,13-16,18-19H2,1-3H3,(H3,31,32)(H,34,38);1H. The van der Waals surface area contributed by atoms with Gasteiger partial charge in [-0.05, 0) is 68.7 Å². The van der Waals surface area contributed by atoms with Crippen molar-refractivity contribution in [3.8, 4) is 0 Å². The number of carbonyl (C=O) groups is 3. The number of aromatic nitrogens is 2. The number of ether oxygens (including phenoxy) is 1. The molecule has 0 saturated carbocycles. The minimum Gasteiger partial charge on any atom is -0.466 e. The molecule has 1 saturated heterocycles. The number of likely N-dealkylation sites (tertiary alicyclic amines) is 1. The molecule has 0 bridgehead atoms. The molecule has 1 aliphatic heterocycles. The SMILES string of the molecule is CCOC(=O)CCC(=O)NCC(C)(C(=O)N1CCCC1)c1ccc2c(c1)nc(CNc1ccc(C(=N)N)cc1)n2C.Cl. The van der Waals surface area contributed by atoms with Crippen LogP contribution < -0.4 is 16.4 Å². The number of amidine groups is 1. The first-order valence-corrected chi connectivity index (χ1v) is 14.0. The Kier molecular flexibility index (Phi) is 10.9. The largest absolute Gasteiger partial charge is 0.466 e. The summed E-state index contributed by atoms with van der Waals surface area (Å²) in [7, 11) is 1.95. The Bertz CT molecular complexity index is 1430. The molecule has 1 fully saturated rings. The summed E-state index contributed by atoms with van der Waals surface area (Å²) in [6.45, 7) is 5.82. The second-order valence-corrected chi connectivity index (χ2v) is 10.5. The molecule has 12 heteroatoms. The van der Waals surface area contributed by atoms with Crippen molar-refractivity contribution in [3.05, 3.63) is 59.4 Å². The number of amides is 2. The summed E-state index contributed by atoms with van der Waals surface area (Å²) >= 11 is 0. The van der Waals surface area contributed by atoms with Gasteiger partial charge in [-0.25, -0.2) is 4.98 Å². The molecule has 11 nitrogen and oxygen atoms in total. The number of halogens is 1. The topological polar surface area (TPSA) is 155 Å². The molecule has 2 aromatic carbocycles. The molecule has 1 aliphatic rings. The third kappa shape index (κ3) is 7.39. The summed E-state index contributed by atoms with van der Waals surface area (Å²) in [5, 5.41) is 13.8. The highest BCUT2D eigenvalue weighted by Crippen LogP contribution is 2.30. The molecule has 2 heterocycles. The molecule has 4 rings (SSSR count). The Morgan fingerprint density at radius 3 is 2.43 bits per heavy atom. The Morgan fingerprint density at radius 2 is 1.79 bits per heavy atom. The van der Waals surface area contributed by atoms with E-state index in [9.17, 15) is 14.4 Å². The van der Waals surface area contributed by atoms with Gasteiger partial charge in [0.05, 0.1) is 36.0 Å². The van der Waals surface area contributed by atoms with Gasteiger partial charge >= 0.3 is 5.97 Å². The van der Waals surface area contributed by atoms with Crippen LogP contribution in [0.25, 0.3) is 11.0 Å². The summed E-state index contributed by atoms with van der Waals surface area (Å²) < 4.78 is 6.92. The zero-order valence-corrected chi connectivity index (χ0v) is 25.2. The number of esters is 1. The molecule has 0 spiro atoms. The van der Waals surface area contributed by atoms with Crippen molar-refractivity contribution in [1.82, 2.24) is 19.8 Å². The van der Waals surface area contributed by atoms with E-state index in [-0.39, 0.29) is 56.1 Å². The number of aryl methyl sites for hydroxylation is 1. The van der Waals surface area contributed by atoms with Gasteiger partial charge in [-0.15, -0.1) is 12.4 Å². The van der Waals surface area contributed by atoms with E-state index in [2.05, 4.69) is 10.6 Å². The first-order chi connectivity index (χ1) is 19.6. The average Bonchev–Trinajstić information content (AvgIpc) is 3.62. The normalized spacial score (nSPS) is 14.1. The van der Waals surface area contributed by atoms with E-state index in [1.807, 2.05) is 53.8 Å². The molecule has 1 unspecified atom stereocenters. The Hall–Kier alpha value is -4.12. The minimum absolute atomic E-state index is 0. The second-order valence-electron chi connectivity index (χ2n) is 10.5. The number of hydrogen-bond donors (Lipinski definition) is 4. The third-order valence-electron chi connectivity index (χ3n) is 7.62. The number of nitrogens with zero attached hydrogens (tertiary/aromatic N) is 3. The number of nitrogens with two attached hydrogens (primary N) is 1. The second kappa shape index (κ2) is 14.2. The van der Waals surface area contributed by atoms with Crippen LogP contribution in [0.5, 0.6) is 0 Å². The molecule has 5 N–H and O–H groups in total. The lowest BCUT2D eigenvalue weighted by Gasteiger charge is -2.33. The summed E-state index contributed by atoms with van der Waals surface area (Å²) in [5.41, 5.74) is 8.52. The van der Waals surface area contributed by atoms with Gasteiger partial charge in [0.25, 0.3) is 0 Å². The summed E-state index contributed by atoms with van der Waals surface area (Å²) in [6, 6.07) is 13.1. The van der Waals surface area contributed by atoms with Gasteiger partial charge in [0.2, 0.25) is 11.8 Å². The molecule has 226 valence electrons. The highest BCUT2D eigenvalue weighted by molar-refractivity contribution is 5.95. The minimum atomic E-state index is -1.01. The maximum atomic E-state index is 13.8. The maximum absolute atomic E-state index is 13.8. The van der Waals surface area contributed by atoms with Gasteiger partial charge < -0.3 is 30.6 Å². The monoisotopic (exact) mass is 597 g/mol. The van der Waals surface area contributed by atoms with Gasteiger partial charge in [0, 0.05) is 44.4 Å². The lowest BCUT2D eigenvalue weighted by Crippen LogP contribution is -2.50. The zero-order valence-electron chi connectivity index (χ0n) is 24.4.